The molecule has 0 radical (unpaired) electrons. The Morgan fingerprint density at radius 2 is 2.06 bits per heavy atom. The molecule has 0 aliphatic heterocycles. The van der Waals surface area contributed by atoms with Gasteiger partial charge in [-0.1, -0.05) is 0 Å². The van der Waals surface area contributed by atoms with Crippen LogP contribution in [0.1, 0.15) is 0 Å². The van der Waals surface area contributed by atoms with Crippen molar-refractivity contribution in [3.63, 3.8) is 0 Å². The molecule has 2 aromatic heterocycles. The van der Waals surface area contributed by atoms with E-state index in [9.17, 15) is 13.2 Å². The summed E-state index contributed by atoms with van der Waals surface area (Å²) in [5, 5.41) is 0.421. The van der Waals surface area contributed by atoms with Crippen LogP contribution in [0.3, 0.4) is 0 Å². The van der Waals surface area contributed by atoms with Crippen molar-refractivity contribution in [3.05, 3.63) is 36.3 Å². The van der Waals surface area contributed by atoms with Crippen LogP contribution in [-0.2, 0) is 0 Å². The predicted molar refractivity (Wildman–Crippen MR) is 58.1 cm³/mol. The van der Waals surface area contributed by atoms with Crippen LogP contribution in [-0.4, -0.2) is 11.6 Å². The van der Waals surface area contributed by atoms with Gasteiger partial charge in [-0.3, -0.25) is 4.98 Å². The fourth-order valence-corrected chi connectivity index (χ4v) is 1.78. The van der Waals surface area contributed by atoms with E-state index in [-0.39, 0.29) is 5.58 Å². The number of hydrogen-bond donors (Lipinski definition) is 0. The fourth-order valence-electron chi connectivity index (χ4n) is 1.78. The van der Waals surface area contributed by atoms with Crippen molar-refractivity contribution >= 4 is 22.1 Å². The molecule has 0 saturated carbocycles. The number of aromatic nitrogens is 1. The molecule has 18 heavy (non-hydrogen) atoms. The lowest BCUT2D eigenvalue weighted by Crippen LogP contribution is -2.03. The van der Waals surface area contributed by atoms with Gasteiger partial charge in [0.05, 0.1) is 0 Å². The first-order chi connectivity index (χ1) is 8.65. The van der Waals surface area contributed by atoms with Gasteiger partial charge in [-0.15, -0.1) is 0 Å². The van der Waals surface area contributed by atoms with Crippen molar-refractivity contribution in [2.75, 3.05) is 0 Å². The predicted octanol–water partition coefficient (Wildman–Crippen LogP) is 3.72. The average Bonchev–Trinajstić information content (AvgIpc) is 2.67. The lowest BCUT2D eigenvalue weighted by atomic mass is 10.2. The van der Waals surface area contributed by atoms with Crippen LogP contribution in [0.25, 0.3) is 22.1 Å². The maximum absolute atomic E-state index is 13.6. The topological polar surface area (TPSA) is 35.3 Å². The van der Waals surface area contributed by atoms with Gasteiger partial charge >= 0.3 is 6.61 Å². The number of alkyl halides is 2. The minimum atomic E-state index is -3.08. The zero-order chi connectivity index (χ0) is 12.7. The van der Waals surface area contributed by atoms with Crippen LogP contribution in [0, 0.1) is 5.82 Å². The maximum Gasteiger partial charge on any atom is 0.387 e. The number of fused-ring (bicyclic) bond motifs is 3. The molecule has 0 N–H and O–H groups in total. The third-order valence-electron chi connectivity index (χ3n) is 2.50. The third-order valence-corrected chi connectivity index (χ3v) is 2.50. The highest BCUT2D eigenvalue weighted by molar-refractivity contribution is 6.02. The lowest BCUT2D eigenvalue weighted by Gasteiger charge is -2.04. The largest absolute Gasteiger partial charge is 0.454 e. The first-order valence-electron chi connectivity index (χ1n) is 5.07. The molecule has 3 nitrogen and oxygen atoms in total. The number of halogens is 3. The molecule has 6 heteroatoms. The number of ether oxygens (including phenoxy) is 1. The summed E-state index contributed by atoms with van der Waals surface area (Å²) >= 11 is 0. The van der Waals surface area contributed by atoms with E-state index < -0.39 is 18.2 Å². The zero-order valence-corrected chi connectivity index (χ0v) is 8.86. The fraction of sp³-hybridized carbons (Fsp3) is 0.0833. The van der Waals surface area contributed by atoms with E-state index in [4.69, 9.17) is 4.42 Å². The Hall–Kier alpha value is -2.24. The van der Waals surface area contributed by atoms with E-state index in [1.54, 1.807) is 18.3 Å². The average molecular weight is 253 g/mol. The minimum Gasteiger partial charge on any atom is -0.454 e. The van der Waals surface area contributed by atoms with E-state index in [0.717, 1.165) is 12.1 Å². The number of benzene rings is 1. The van der Waals surface area contributed by atoms with Gasteiger partial charge in [-0.25, -0.2) is 4.39 Å². The number of furan rings is 1. The monoisotopic (exact) mass is 253 g/mol. The van der Waals surface area contributed by atoms with Crippen molar-refractivity contribution in [3.8, 4) is 5.75 Å². The molecule has 1 aromatic carbocycles. The summed E-state index contributed by atoms with van der Waals surface area (Å²) in [6.45, 7) is -3.08. The molecule has 0 bridgehead atoms. The second kappa shape index (κ2) is 3.90. The number of nitrogens with zero attached hydrogens (tertiary/aromatic N) is 1. The Morgan fingerprint density at radius 1 is 1.22 bits per heavy atom. The molecule has 3 rings (SSSR count). The van der Waals surface area contributed by atoms with E-state index in [2.05, 4.69) is 9.72 Å². The summed E-state index contributed by atoms with van der Waals surface area (Å²) < 4.78 is 47.1. The highest BCUT2D eigenvalue weighted by Crippen LogP contribution is 2.32. The van der Waals surface area contributed by atoms with Gasteiger partial charge in [-0.2, -0.15) is 8.78 Å². The smallest absolute Gasteiger partial charge is 0.387 e. The Labute approximate surface area is 98.8 Å². The van der Waals surface area contributed by atoms with Gasteiger partial charge in [0.15, 0.2) is 17.1 Å². The van der Waals surface area contributed by atoms with Crippen molar-refractivity contribution in [1.82, 2.24) is 4.98 Å². The number of pyridine rings is 1. The van der Waals surface area contributed by atoms with Crippen LogP contribution in [0.4, 0.5) is 13.2 Å². The molecule has 0 aliphatic carbocycles. The Kier molecular flexibility index (Phi) is 2.36. The molecular weight excluding hydrogens is 247 g/mol. The highest BCUT2D eigenvalue weighted by Gasteiger charge is 2.15. The van der Waals surface area contributed by atoms with Crippen molar-refractivity contribution in [2.45, 2.75) is 6.61 Å². The van der Waals surface area contributed by atoms with Gasteiger partial charge in [0.25, 0.3) is 0 Å². The quantitative estimate of drug-likeness (QED) is 0.698. The van der Waals surface area contributed by atoms with Crippen LogP contribution in [0.15, 0.2) is 34.9 Å². The molecule has 0 unspecified atom stereocenters. The number of hydrogen-bond acceptors (Lipinski definition) is 3. The molecule has 0 atom stereocenters. The first kappa shape index (κ1) is 10.9. The Bertz CT molecular complexity index is 724. The third kappa shape index (κ3) is 1.66. The van der Waals surface area contributed by atoms with E-state index >= 15 is 0 Å². The summed E-state index contributed by atoms with van der Waals surface area (Å²) in [6.07, 6.45) is 1.54. The van der Waals surface area contributed by atoms with E-state index in [1.165, 1.54) is 0 Å². The van der Waals surface area contributed by atoms with Crippen molar-refractivity contribution in [2.24, 2.45) is 0 Å². The SMILES string of the molecule is Fc1cc2c(cc1OC(F)F)oc1cccnc12. The molecule has 0 saturated heterocycles. The van der Waals surface area contributed by atoms with Crippen molar-refractivity contribution in [1.29, 1.82) is 0 Å². The van der Waals surface area contributed by atoms with Crippen LogP contribution in [0.2, 0.25) is 0 Å². The van der Waals surface area contributed by atoms with Crippen molar-refractivity contribution < 1.29 is 22.3 Å². The normalized spacial score (nSPS) is 11.6. The lowest BCUT2D eigenvalue weighted by molar-refractivity contribution is -0.0521. The van der Waals surface area contributed by atoms with Crippen LogP contribution >= 0.6 is 0 Å². The second-order valence-electron chi connectivity index (χ2n) is 3.61. The van der Waals surface area contributed by atoms with Gasteiger partial charge in [0.1, 0.15) is 11.1 Å². The van der Waals surface area contributed by atoms with Crippen LogP contribution < -0.4 is 4.74 Å². The van der Waals surface area contributed by atoms with Gasteiger partial charge in [-0.05, 0) is 18.2 Å². The summed E-state index contributed by atoms with van der Waals surface area (Å²) in [5.74, 6) is -1.42. The van der Waals surface area contributed by atoms with Gasteiger partial charge in [0, 0.05) is 17.6 Å². The Balaban J connectivity index is 2.26. The molecule has 92 valence electrons. The molecule has 2 heterocycles. The first-order valence-corrected chi connectivity index (χ1v) is 5.07. The molecule has 0 fully saturated rings. The van der Waals surface area contributed by atoms with E-state index in [1.807, 2.05) is 0 Å². The maximum atomic E-state index is 13.6. The standard InChI is InChI=1S/C12H6F3NO2/c13-7-4-6-9(5-10(7)18-12(14)15)17-8-2-1-3-16-11(6)8/h1-5,12H. The number of rotatable bonds is 2. The minimum absolute atomic E-state index is 0.251. The molecular formula is C12H6F3NO2. The van der Waals surface area contributed by atoms with E-state index in [0.29, 0.717) is 16.5 Å². The summed E-state index contributed by atoms with van der Waals surface area (Å²) in [4.78, 5) is 4.05. The Morgan fingerprint density at radius 3 is 2.83 bits per heavy atom. The van der Waals surface area contributed by atoms with Gasteiger partial charge in [0.2, 0.25) is 0 Å². The summed E-state index contributed by atoms with van der Waals surface area (Å²) in [5.41, 5.74) is 1.19. The van der Waals surface area contributed by atoms with Crippen LogP contribution in [0.5, 0.6) is 5.75 Å². The second-order valence-corrected chi connectivity index (χ2v) is 3.61. The molecule has 3 aromatic rings. The zero-order valence-electron chi connectivity index (χ0n) is 8.86. The van der Waals surface area contributed by atoms with Gasteiger partial charge < -0.3 is 9.15 Å². The molecule has 0 amide bonds. The highest BCUT2D eigenvalue weighted by atomic mass is 19.3. The summed E-state index contributed by atoms with van der Waals surface area (Å²) in [6, 6.07) is 5.50. The summed E-state index contributed by atoms with van der Waals surface area (Å²) in [7, 11) is 0. The molecule has 0 aliphatic rings. The molecule has 0 spiro atoms.